The van der Waals surface area contributed by atoms with Crippen LogP contribution in [0.25, 0.3) is 10.9 Å². The van der Waals surface area contributed by atoms with E-state index >= 15 is 0 Å². The molecular formula is C20H19ClN2O2. The van der Waals surface area contributed by atoms with E-state index in [1.807, 2.05) is 30.3 Å². The summed E-state index contributed by atoms with van der Waals surface area (Å²) in [5, 5.41) is 4.01. The van der Waals surface area contributed by atoms with Crippen LogP contribution in [0.2, 0.25) is 5.02 Å². The van der Waals surface area contributed by atoms with Gasteiger partial charge in [-0.2, -0.15) is 0 Å². The summed E-state index contributed by atoms with van der Waals surface area (Å²) in [7, 11) is 0. The third-order valence-corrected chi connectivity index (χ3v) is 4.61. The number of carbonyl (C=O) groups is 1. The Morgan fingerprint density at radius 3 is 2.56 bits per heavy atom. The van der Waals surface area contributed by atoms with Gasteiger partial charge in [0, 0.05) is 16.5 Å². The number of hydrogen-bond donors (Lipinski definition) is 2. The minimum atomic E-state index is -0.348. The molecule has 1 heterocycles. The predicted octanol–water partition coefficient (Wildman–Crippen LogP) is 4.87. The summed E-state index contributed by atoms with van der Waals surface area (Å²) >= 11 is 6.31. The standard InChI is InChI=1S/C20H19ClN2O2/c1-11(2)13-8-9-17(15(21)10-13)23-20(25)18-12(3)19(24)22-16-7-5-4-6-14(16)18/h4-11H,1-3H3,(H,22,24)(H,23,25). The molecule has 0 aliphatic heterocycles. The lowest BCUT2D eigenvalue weighted by atomic mass is 10.0. The van der Waals surface area contributed by atoms with Crippen molar-refractivity contribution in [3.63, 3.8) is 0 Å². The fraction of sp³-hybridized carbons (Fsp3) is 0.200. The Labute approximate surface area is 150 Å². The van der Waals surface area contributed by atoms with Crippen molar-refractivity contribution in [2.24, 2.45) is 0 Å². The number of benzene rings is 2. The molecule has 0 saturated heterocycles. The number of aromatic nitrogens is 1. The molecule has 4 nitrogen and oxygen atoms in total. The molecule has 2 N–H and O–H groups in total. The molecule has 0 atom stereocenters. The Balaban J connectivity index is 2.04. The first kappa shape index (κ1) is 17.2. The minimum absolute atomic E-state index is 0.273. The van der Waals surface area contributed by atoms with Crippen LogP contribution < -0.4 is 10.9 Å². The molecule has 25 heavy (non-hydrogen) atoms. The van der Waals surface area contributed by atoms with Gasteiger partial charge in [0.1, 0.15) is 0 Å². The molecule has 0 saturated carbocycles. The smallest absolute Gasteiger partial charge is 0.256 e. The third kappa shape index (κ3) is 3.30. The number of amides is 1. The zero-order valence-electron chi connectivity index (χ0n) is 14.3. The molecule has 0 radical (unpaired) electrons. The second kappa shape index (κ2) is 6.73. The number of halogens is 1. The highest BCUT2D eigenvalue weighted by atomic mass is 35.5. The van der Waals surface area contributed by atoms with E-state index in [1.165, 1.54) is 0 Å². The van der Waals surface area contributed by atoms with Crippen molar-refractivity contribution in [2.45, 2.75) is 26.7 Å². The molecule has 3 rings (SSSR count). The summed E-state index contributed by atoms with van der Waals surface area (Å²) in [4.78, 5) is 27.8. The van der Waals surface area contributed by atoms with Crippen LogP contribution in [0.5, 0.6) is 0 Å². The number of carbonyl (C=O) groups excluding carboxylic acids is 1. The van der Waals surface area contributed by atoms with Gasteiger partial charge in [-0.25, -0.2) is 0 Å². The first-order valence-electron chi connectivity index (χ1n) is 8.11. The van der Waals surface area contributed by atoms with E-state index in [2.05, 4.69) is 24.1 Å². The fourth-order valence-electron chi connectivity index (χ4n) is 2.81. The predicted molar refractivity (Wildman–Crippen MR) is 103 cm³/mol. The maximum Gasteiger partial charge on any atom is 0.256 e. The number of nitrogens with one attached hydrogen (secondary N) is 2. The van der Waals surface area contributed by atoms with Crippen LogP contribution in [-0.2, 0) is 0 Å². The normalized spacial score (nSPS) is 11.1. The molecular weight excluding hydrogens is 336 g/mol. The molecule has 0 unspecified atom stereocenters. The molecule has 0 aliphatic carbocycles. The zero-order valence-corrected chi connectivity index (χ0v) is 15.1. The Hall–Kier alpha value is -2.59. The van der Waals surface area contributed by atoms with Gasteiger partial charge in [0.2, 0.25) is 0 Å². The summed E-state index contributed by atoms with van der Waals surface area (Å²) in [6, 6.07) is 12.8. The Kier molecular flexibility index (Phi) is 4.64. The number of hydrogen-bond acceptors (Lipinski definition) is 2. The molecule has 128 valence electrons. The SMILES string of the molecule is Cc1c(C(=O)Nc2ccc(C(C)C)cc2Cl)c2ccccc2[nH]c1=O. The van der Waals surface area contributed by atoms with Gasteiger partial charge < -0.3 is 10.3 Å². The molecule has 3 aromatic rings. The highest BCUT2D eigenvalue weighted by Gasteiger charge is 2.17. The number of para-hydroxylation sites is 1. The average molecular weight is 355 g/mol. The molecule has 1 amide bonds. The number of aromatic amines is 1. The van der Waals surface area contributed by atoms with Crippen molar-refractivity contribution >= 4 is 34.1 Å². The van der Waals surface area contributed by atoms with Gasteiger partial charge in [-0.1, -0.05) is 49.7 Å². The van der Waals surface area contributed by atoms with Crippen LogP contribution in [0.3, 0.4) is 0 Å². The van der Waals surface area contributed by atoms with E-state index in [0.717, 1.165) is 5.56 Å². The number of rotatable bonds is 3. The van der Waals surface area contributed by atoms with E-state index in [1.54, 1.807) is 19.1 Å². The maximum atomic E-state index is 12.8. The van der Waals surface area contributed by atoms with Crippen molar-refractivity contribution < 1.29 is 4.79 Å². The van der Waals surface area contributed by atoms with E-state index < -0.39 is 0 Å². The first-order chi connectivity index (χ1) is 11.9. The lowest BCUT2D eigenvalue weighted by Crippen LogP contribution is -2.21. The largest absolute Gasteiger partial charge is 0.322 e. The van der Waals surface area contributed by atoms with E-state index in [4.69, 9.17) is 11.6 Å². The van der Waals surface area contributed by atoms with Crippen LogP contribution >= 0.6 is 11.6 Å². The van der Waals surface area contributed by atoms with E-state index in [-0.39, 0.29) is 11.5 Å². The van der Waals surface area contributed by atoms with Crippen molar-refractivity contribution in [2.75, 3.05) is 5.32 Å². The van der Waals surface area contributed by atoms with Crippen LogP contribution in [-0.4, -0.2) is 10.9 Å². The Bertz CT molecular complexity index is 1020. The van der Waals surface area contributed by atoms with E-state index in [9.17, 15) is 9.59 Å². The molecule has 0 spiro atoms. The van der Waals surface area contributed by atoms with Crippen LogP contribution in [0, 0.1) is 6.92 Å². The second-order valence-electron chi connectivity index (χ2n) is 6.35. The van der Waals surface area contributed by atoms with Crippen LogP contribution in [0.1, 0.15) is 41.3 Å². The monoisotopic (exact) mass is 354 g/mol. The van der Waals surface area contributed by atoms with Crippen molar-refractivity contribution in [1.82, 2.24) is 4.98 Å². The molecule has 0 fully saturated rings. The van der Waals surface area contributed by atoms with Crippen molar-refractivity contribution in [1.29, 1.82) is 0 Å². The summed E-state index contributed by atoms with van der Waals surface area (Å²) in [6.45, 7) is 5.80. The van der Waals surface area contributed by atoms with Gasteiger partial charge in [-0.05, 0) is 36.6 Å². The van der Waals surface area contributed by atoms with Gasteiger partial charge in [0.25, 0.3) is 11.5 Å². The second-order valence-corrected chi connectivity index (χ2v) is 6.76. The maximum absolute atomic E-state index is 12.8. The Morgan fingerprint density at radius 2 is 1.88 bits per heavy atom. The lowest BCUT2D eigenvalue weighted by Gasteiger charge is -2.13. The summed E-state index contributed by atoms with van der Waals surface area (Å²) in [6.07, 6.45) is 0. The van der Waals surface area contributed by atoms with Gasteiger partial charge >= 0.3 is 0 Å². The Morgan fingerprint density at radius 1 is 1.16 bits per heavy atom. The summed E-state index contributed by atoms with van der Waals surface area (Å²) in [5.74, 6) is 0.000110. The van der Waals surface area contributed by atoms with Crippen LogP contribution in [0.15, 0.2) is 47.3 Å². The summed E-state index contributed by atoms with van der Waals surface area (Å²) < 4.78 is 0. The van der Waals surface area contributed by atoms with Crippen LogP contribution in [0.4, 0.5) is 5.69 Å². The molecule has 2 aromatic carbocycles. The van der Waals surface area contributed by atoms with Crippen molar-refractivity contribution in [3.8, 4) is 0 Å². The van der Waals surface area contributed by atoms with Gasteiger partial charge in [-0.3, -0.25) is 9.59 Å². The molecule has 5 heteroatoms. The zero-order chi connectivity index (χ0) is 18.1. The fourth-order valence-corrected chi connectivity index (χ4v) is 3.05. The molecule has 0 bridgehead atoms. The van der Waals surface area contributed by atoms with E-state index in [0.29, 0.717) is 38.7 Å². The minimum Gasteiger partial charge on any atom is -0.322 e. The number of pyridine rings is 1. The topological polar surface area (TPSA) is 62.0 Å². The summed E-state index contributed by atoms with van der Waals surface area (Å²) in [5.41, 5.74) is 2.73. The molecule has 0 aliphatic rings. The highest BCUT2D eigenvalue weighted by Crippen LogP contribution is 2.28. The van der Waals surface area contributed by atoms with Crippen molar-refractivity contribution in [3.05, 3.63) is 74.5 Å². The average Bonchev–Trinajstić information content (AvgIpc) is 2.57. The third-order valence-electron chi connectivity index (χ3n) is 4.30. The number of H-pyrrole nitrogens is 1. The quantitative estimate of drug-likeness (QED) is 0.705. The number of fused-ring (bicyclic) bond motifs is 1. The lowest BCUT2D eigenvalue weighted by molar-refractivity contribution is 0.102. The van der Waals surface area contributed by atoms with Gasteiger partial charge in [0.05, 0.1) is 16.3 Å². The van der Waals surface area contributed by atoms with Gasteiger partial charge in [0.15, 0.2) is 0 Å². The molecule has 1 aromatic heterocycles. The highest BCUT2D eigenvalue weighted by molar-refractivity contribution is 6.34. The number of anilines is 1. The first-order valence-corrected chi connectivity index (χ1v) is 8.48. The van der Waals surface area contributed by atoms with Gasteiger partial charge in [-0.15, -0.1) is 0 Å².